The third-order valence-corrected chi connectivity index (χ3v) is 3.60. The van der Waals surface area contributed by atoms with Crippen LogP contribution in [0.4, 0.5) is 0 Å². The van der Waals surface area contributed by atoms with Crippen LogP contribution in [0.1, 0.15) is 24.5 Å². The molecule has 0 saturated carbocycles. The van der Waals surface area contributed by atoms with Gasteiger partial charge in [0, 0.05) is 17.7 Å². The largest absolute Gasteiger partial charge is 0.385 e. The second kappa shape index (κ2) is 5.24. The van der Waals surface area contributed by atoms with Crippen LogP contribution in [0.15, 0.2) is 41.1 Å². The second-order valence-corrected chi connectivity index (χ2v) is 5.72. The zero-order chi connectivity index (χ0) is 13.2. The standard InChI is InChI=1S/C14H17BrN2O/c1-14(18,12-4-3-5-13(15)8-12)7-6-11-9-16-17(2)10-11/h3-5,8-10,18H,6-7H2,1-2H3. The number of nitrogens with zero attached hydrogens (tertiary/aromatic N) is 2. The fourth-order valence-electron chi connectivity index (χ4n) is 1.96. The molecule has 0 saturated heterocycles. The Kier molecular flexibility index (Phi) is 3.88. The molecule has 1 unspecified atom stereocenters. The lowest BCUT2D eigenvalue weighted by Crippen LogP contribution is -2.21. The lowest BCUT2D eigenvalue weighted by Gasteiger charge is -2.23. The van der Waals surface area contributed by atoms with Crippen molar-refractivity contribution in [1.29, 1.82) is 0 Å². The minimum Gasteiger partial charge on any atom is -0.385 e. The molecule has 1 aromatic heterocycles. The van der Waals surface area contributed by atoms with Crippen LogP contribution in [-0.2, 0) is 19.1 Å². The van der Waals surface area contributed by atoms with Crippen LogP contribution in [0.5, 0.6) is 0 Å². The molecule has 18 heavy (non-hydrogen) atoms. The second-order valence-electron chi connectivity index (χ2n) is 4.81. The fraction of sp³-hybridized carbons (Fsp3) is 0.357. The van der Waals surface area contributed by atoms with Crippen LogP contribution >= 0.6 is 15.9 Å². The van der Waals surface area contributed by atoms with E-state index in [1.165, 1.54) is 0 Å². The van der Waals surface area contributed by atoms with E-state index in [2.05, 4.69) is 21.0 Å². The summed E-state index contributed by atoms with van der Waals surface area (Å²) >= 11 is 3.43. The molecule has 3 nitrogen and oxygen atoms in total. The lowest BCUT2D eigenvalue weighted by atomic mass is 9.90. The Hall–Kier alpha value is -1.13. The summed E-state index contributed by atoms with van der Waals surface area (Å²) in [5.74, 6) is 0. The normalized spacial score (nSPS) is 14.4. The van der Waals surface area contributed by atoms with Gasteiger partial charge in [-0.25, -0.2) is 0 Å². The highest BCUT2D eigenvalue weighted by Gasteiger charge is 2.23. The molecule has 0 fully saturated rings. The molecular weight excluding hydrogens is 292 g/mol. The molecule has 1 heterocycles. The number of benzene rings is 1. The Morgan fingerprint density at radius 2 is 2.22 bits per heavy atom. The summed E-state index contributed by atoms with van der Waals surface area (Å²) in [5.41, 5.74) is 1.26. The quantitative estimate of drug-likeness (QED) is 0.943. The summed E-state index contributed by atoms with van der Waals surface area (Å²) in [5, 5.41) is 14.7. The molecule has 2 aromatic rings. The molecule has 0 spiro atoms. The van der Waals surface area contributed by atoms with Gasteiger partial charge < -0.3 is 5.11 Å². The van der Waals surface area contributed by atoms with Crippen molar-refractivity contribution >= 4 is 15.9 Å². The first-order chi connectivity index (χ1) is 8.47. The van der Waals surface area contributed by atoms with Gasteiger partial charge in [-0.1, -0.05) is 28.1 Å². The van der Waals surface area contributed by atoms with Crippen molar-refractivity contribution < 1.29 is 5.11 Å². The molecule has 1 N–H and O–H groups in total. The highest BCUT2D eigenvalue weighted by molar-refractivity contribution is 9.10. The van der Waals surface area contributed by atoms with Crippen LogP contribution in [0.2, 0.25) is 0 Å². The molecule has 0 aliphatic heterocycles. The van der Waals surface area contributed by atoms with Crippen molar-refractivity contribution in [3.05, 3.63) is 52.3 Å². The van der Waals surface area contributed by atoms with Gasteiger partial charge in [0.15, 0.2) is 0 Å². The average Bonchev–Trinajstić information content (AvgIpc) is 2.73. The lowest BCUT2D eigenvalue weighted by molar-refractivity contribution is 0.0480. The fourth-order valence-corrected chi connectivity index (χ4v) is 2.36. The molecule has 1 atom stereocenters. The van der Waals surface area contributed by atoms with E-state index in [-0.39, 0.29) is 0 Å². The molecule has 0 radical (unpaired) electrons. The summed E-state index contributed by atoms with van der Waals surface area (Å²) in [6.07, 6.45) is 5.32. The molecule has 0 amide bonds. The average molecular weight is 309 g/mol. The maximum Gasteiger partial charge on any atom is 0.0872 e. The van der Waals surface area contributed by atoms with Gasteiger partial charge >= 0.3 is 0 Å². The van der Waals surface area contributed by atoms with Gasteiger partial charge in [-0.3, -0.25) is 4.68 Å². The third kappa shape index (κ3) is 3.21. The van der Waals surface area contributed by atoms with Gasteiger partial charge in [0.25, 0.3) is 0 Å². The molecule has 4 heteroatoms. The monoisotopic (exact) mass is 308 g/mol. The summed E-state index contributed by atoms with van der Waals surface area (Å²) in [6.45, 7) is 1.85. The van der Waals surface area contributed by atoms with E-state index < -0.39 is 5.60 Å². The molecule has 96 valence electrons. The maximum atomic E-state index is 10.5. The summed E-state index contributed by atoms with van der Waals surface area (Å²) in [4.78, 5) is 0. The topological polar surface area (TPSA) is 38.0 Å². The molecule has 1 aromatic carbocycles. The van der Waals surface area contributed by atoms with Crippen LogP contribution in [0, 0.1) is 0 Å². The van der Waals surface area contributed by atoms with Crippen molar-refractivity contribution in [2.24, 2.45) is 7.05 Å². The van der Waals surface area contributed by atoms with E-state index in [4.69, 9.17) is 0 Å². The number of aliphatic hydroxyl groups is 1. The summed E-state index contributed by atoms with van der Waals surface area (Å²) in [6, 6.07) is 7.82. The van der Waals surface area contributed by atoms with E-state index in [9.17, 15) is 5.11 Å². The first-order valence-electron chi connectivity index (χ1n) is 5.93. The number of aromatic nitrogens is 2. The van der Waals surface area contributed by atoms with E-state index in [1.807, 2.05) is 50.6 Å². The predicted octanol–water partition coefficient (Wildman–Crippen LogP) is 3.02. The Bertz CT molecular complexity index is 534. The van der Waals surface area contributed by atoms with Gasteiger partial charge in [-0.05, 0) is 43.0 Å². The Morgan fingerprint density at radius 3 is 2.83 bits per heavy atom. The minimum absolute atomic E-state index is 0.676. The van der Waals surface area contributed by atoms with Gasteiger partial charge in [0.2, 0.25) is 0 Å². The maximum absolute atomic E-state index is 10.5. The van der Waals surface area contributed by atoms with Crippen molar-refractivity contribution in [1.82, 2.24) is 9.78 Å². The van der Waals surface area contributed by atoms with Gasteiger partial charge in [0.05, 0.1) is 11.8 Å². The van der Waals surface area contributed by atoms with Crippen LogP contribution in [-0.4, -0.2) is 14.9 Å². The molecule has 0 bridgehead atoms. The molecule has 0 aliphatic rings. The predicted molar refractivity (Wildman–Crippen MR) is 75.2 cm³/mol. The number of rotatable bonds is 4. The molecular formula is C14H17BrN2O. The minimum atomic E-state index is -0.820. The van der Waals surface area contributed by atoms with Crippen LogP contribution < -0.4 is 0 Å². The van der Waals surface area contributed by atoms with Crippen molar-refractivity contribution in [3.8, 4) is 0 Å². The smallest absolute Gasteiger partial charge is 0.0872 e. The highest BCUT2D eigenvalue weighted by atomic mass is 79.9. The van der Waals surface area contributed by atoms with Crippen molar-refractivity contribution in [2.75, 3.05) is 0 Å². The number of hydrogen-bond acceptors (Lipinski definition) is 2. The number of halogens is 1. The Labute approximate surface area is 116 Å². The van der Waals surface area contributed by atoms with Crippen molar-refractivity contribution in [2.45, 2.75) is 25.4 Å². The van der Waals surface area contributed by atoms with Gasteiger partial charge in [-0.15, -0.1) is 0 Å². The van der Waals surface area contributed by atoms with Gasteiger partial charge in [-0.2, -0.15) is 5.10 Å². The summed E-state index contributed by atoms with van der Waals surface area (Å²) in [7, 11) is 1.90. The molecule has 2 rings (SSSR count). The third-order valence-electron chi connectivity index (χ3n) is 3.11. The highest BCUT2D eigenvalue weighted by Crippen LogP contribution is 2.28. The van der Waals surface area contributed by atoms with Crippen LogP contribution in [0.25, 0.3) is 0 Å². The molecule has 0 aliphatic carbocycles. The number of hydrogen-bond donors (Lipinski definition) is 1. The first kappa shape index (κ1) is 13.3. The Balaban J connectivity index is 2.07. The SMILES string of the molecule is Cn1cc(CCC(C)(O)c2cccc(Br)c2)cn1. The van der Waals surface area contributed by atoms with E-state index in [1.54, 1.807) is 4.68 Å². The summed E-state index contributed by atoms with van der Waals surface area (Å²) < 4.78 is 2.77. The van der Waals surface area contributed by atoms with E-state index >= 15 is 0 Å². The first-order valence-corrected chi connectivity index (χ1v) is 6.73. The van der Waals surface area contributed by atoms with Crippen LogP contribution in [0.3, 0.4) is 0 Å². The number of aryl methyl sites for hydroxylation is 2. The van der Waals surface area contributed by atoms with Gasteiger partial charge in [0.1, 0.15) is 0 Å². The van der Waals surface area contributed by atoms with Crippen molar-refractivity contribution in [3.63, 3.8) is 0 Å². The van der Waals surface area contributed by atoms with E-state index in [0.29, 0.717) is 6.42 Å². The van der Waals surface area contributed by atoms with E-state index in [0.717, 1.165) is 22.0 Å². The Morgan fingerprint density at radius 1 is 1.44 bits per heavy atom. The zero-order valence-electron chi connectivity index (χ0n) is 10.6. The zero-order valence-corrected chi connectivity index (χ0v) is 12.2.